The van der Waals surface area contributed by atoms with Crippen molar-refractivity contribution in [2.45, 2.75) is 0 Å². The molecule has 0 amide bonds. The fourth-order valence-corrected chi connectivity index (χ4v) is 1.50. The zero-order valence-corrected chi connectivity index (χ0v) is 9.76. The number of hydrogen-bond acceptors (Lipinski definition) is 6. The normalized spacial score (nSPS) is 10.1. The molecule has 0 atom stereocenters. The number of nitro benzene ring substituents is 1. The van der Waals surface area contributed by atoms with Gasteiger partial charge >= 0.3 is 0 Å². The van der Waals surface area contributed by atoms with Crippen molar-refractivity contribution in [3.05, 3.63) is 45.6 Å². The van der Waals surface area contributed by atoms with E-state index in [1.54, 1.807) is 12.1 Å². The molecule has 2 aromatic rings. The van der Waals surface area contributed by atoms with Gasteiger partial charge in [-0.05, 0) is 12.1 Å². The van der Waals surface area contributed by atoms with E-state index in [1.165, 1.54) is 18.2 Å². The Morgan fingerprint density at radius 1 is 1.28 bits per heavy atom. The minimum Gasteiger partial charge on any atom is -0.368 e. The molecule has 92 valence electrons. The SMILES string of the molecule is Nc1nc(Cl)cc(Nc2ccc([N+](=O)[O-])cc2)n1. The molecule has 0 unspecified atom stereocenters. The number of nitrogens with one attached hydrogen (secondary N) is 1. The van der Waals surface area contributed by atoms with Crippen LogP contribution in [0.15, 0.2) is 30.3 Å². The minimum absolute atomic E-state index is 0.0146. The molecule has 1 aromatic carbocycles. The number of benzene rings is 1. The Kier molecular flexibility index (Phi) is 3.24. The summed E-state index contributed by atoms with van der Waals surface area (Å²) in [5.74, 6) is 0.466. The van der Waals surface area contributed by atoms with Crippen molar-refractivity contribution >= 4 is 34.7 Å². The Bertz CT molecular complexity index is 567. The Morgan fingerprint density at radius 2 is 1.94 bits per heavy atom. The maximum absolute atomic E-state index is 10.5. The highest BCUT2D eigenvalue weighted by molar-refractivity contribution is 6.29. The number of nitro groups is 1. The molecule has 1 heterocycles. The molecule has 0 saturated heterocycles. The van der Waals surface area contributed by atoms with Crippen LogP contribution in [0.4, 0.5) is 23.1 Å². The lowest BCUT2D eigenvalue weighted by molar-refractivity contribution is -0.384. The summed E-state index contributed by atoms with van der Waals surface area (Å²) >= 11 is 5.72. The van der Waals surface area contributed by atoms with Crippen LogP contribution in [0.5, 0.6) is 0 Å². The van der Waals surface area contributed by atoms with E-state index in [0.29, 0.717) is 11.5 Å². The van der Waals surface area contributed by atoms with Gasteiger partial charge in [-0.1, -0.05) is 11.6 Å². The maximum Gasteiger partial charge on any atom is 0.269 e. The smallest absolute Gasteiger partial charge is 0.269 e. The first-order valence-corrected chi connectivity index (χ1v) is 5.24. The van der Waals surface area contributed by atoms with Gasteiger partial charge < -0.3 is 11.1 Å². The molecule has 0 spiro atoms. The van der Waals surface area contributed by atoms with E-state index in [0.717, 1.165) is 0 Å². The van der Waals surface area contributed by atoms with E-state index in [1.807, 2.05) is 0 Å². The lowest BCUT2D eigenvalue weighted by Gasteiger charge is -2.05. The molecule has 8 heteroatoms. The van der Waals surface area contributed by atoms with E-state index < -0.39 is 4.92 Å². The highest BCUT2D eigenvalue weighted by atomic mass is 35.5. The van der Waals surface area contributed by atoms with Gasteiger partial charge in [0.2, 0.25) is 5.95 Å². The molecule has 0 radical (unpaired) electrons. The van der Waals surface area contributed by atoms with E-state index in [4.69, 9.17) is 17.3 Å². The van der Waals surface area contributed by atoms with Crippen molar-refractivity contribution < 1.29 is 4.92 Å². The van der Waals surface area contributed by atoms with Crippen molar-refractivity contribution in [2.75, 3.05) is 11.1 Å². The van der Waals surface area contributed by atoms with Gasteiger partial charge in [-0.25, -0.2) is 4.98 Å². The molecule has 2 rings (SSSR count). The van der Waals surface area contributed by atoms with E-state index in [9.17, 15) is 10.1 Å². The molecule has 3 N–H and O–H groups in total. The standard InChI is InChI=1S/C10H8ClN5O2/c11-8-5-9(15-10(12)14-8)13-6-1-3-7(4-2-6)16(17)18/h1-5H,(H3,12,13,14,15). The van der Waals surface area contributed by atoms with Crippen molar-refractivity contribution in [1.29, 1.82) is 0 Å². The van der Waals surface area contributed by atoms with Crippen LogP contribution in [0.2, 0.25) is 5.15 Å². The summed E-state index contributed by atoms with van der Waals surface area (Å²) in [7, 11) is 0. The summed E-state index contributed by atoms with van der Waals surface area (Å²) in [4.78, 5) is 17.7. The maximum atomic E-state index is 10.5. The topological polar surface area (TPSA) is 107 Å². The van der Waals surface area contributed by atoms with Gasteiger partial charge in [0.15, 0.2) is 0 Å². The van der Waals surface area contributed by atoms with Gasteiger partial charge in [0.1, 0.15) is 11.0 Å². The molecule has 0 bridgehead atoms. The molecule has 0 aliphatic carbocycles. The lowest BCUT2D eigenvalue weighted by Crippen LogP contribution is -2.00. The Labute approximate surface area is 107 Å². The zero-order valence-electron chi connectivity index (χ0n) is 9.00. The highest BCUT2D eigenvalue weighted by Crippen LogP contribution is 2.20. The zero-order chi connectivity index (χ0) is 13.1. The van der Waals surface area contributed by atoms with Crippen LogP contribution in [-0.2, 0) is 0 Å². The van der Waals surface area contributed by atoms with Gasteiger partial charge in [0, 0.05) is 23.9 Å². The average Bonchev–Trinajstić information content (AvgIpc) is 2.28. The van der Waals surface area contributed by atoms with Crippen LogP contribution < -0.4 is 11.1 Å². The summed E-state index contributed by atoms with van der Waals surface area (Å²) in [5.41, 5.74) is 6.09. The third kappa shape index (κ3) is 2.83. The first kappa shape index (κ1) is 12.1. The molecule has 0 fully saturated rings. The van der Waals surface area contributed by atoms with E-state index >= 15 is 0 Å². The number of halogens is 1. The number of nitrogen functional groups attached to an aromatic ring is 1. The van der Waals surface area contributed by atoms with Gasteiger partial charge in [0.05, 0.1) is 4.92 Å². The predicted molar refractivity (Wildman–Crippen MR) is 67.8 cm³/mol. The summed E-state index contributed by atoms with van der Waals surface area (Å²) in [6, 6.07) is 7.39. The van der Waals surface area contributed by atoms with Crippen molar-refractivity contribution in [3.63, 3.8) is 0 Å². The number of rotatable bonds is 3. The summed E-state index contributed by atoms with van der Waals surface area (Å²) in [6.07, 6.45) is 0. The second kappa shape index (κ2) is 4.84. The summed E-state index contributed by atoms with van der Waals surface area (Å²) in [5, 5.41) is 13.6. The van der Waals surface area contributed by atoms with Gasteiger partial charge in [-0.15, -0.1) is 0 Å². The van der Waals surface area contributed by atoms with Crippen LogP contribution in [-0.4, -0.2) is 14.9 Å². The van der Waals surface area contributed by atoms with Crippen molar-refractivity contribution in [1.82, 2.24) is 9.97 Å². The number of nitrogens with zero attached hydrogens (tertiary/aromatic N) is 3. The molecule has 18 heavy (non-hydrogen) atoms. The van der Waals surface area contributed by atoms with E-state index in [2.05, 4.69) is 15.3 Å². The molecular formula is C10H8ClN5O2. The number of hydrogen-bond donors (Lipinski definition) is 2. The summed E-state index contributed by atoms with van der Waals surface area (Å²) in [6.45, 7) is 0. The highest BCUT2D eigenvalue weighted by Gasteiger charge is 2.05. The second-order valence-electron chi connectivity index (χ2n) is 3.36. The number of nitrogens with two attached hydrogens (primary N) is 1. The Morgan fingerprint density at radius 3 is 2.50 bits per heavy atom. The second-order valence-corrected chi connectivity index (χ2v) is 3.75. The molecular weight excluding hydrogens is 258 g/mol. The third-order valence-corrected chi connectivity index (χ3v) is 2.26. The summed E-state index contributed by atoms with van der Waals surface area (Å²) < 4.78 is 0. The molecule has 7 nitrogen and oxygen atoms in total. The first-order chi connectivity index (χ1) is 8.54. The minimum atomic E-state index is -0.469. The van der Waals surface area contributed by atoms with Crippen LogP contribution >= 0.6 is 11.6 Å². The van der Waals surface area contributed by atoms with Crippen LogP contribution in [0.1, 0.15) is 0 Å². The van der Waals surface area contributed by atoms with Gasteiger partial charge in [-0.3, -0.25) is 10.1 Å². The number of non-ortho nitro benzene ring substituents is 1. The lowest BCUT2D eigenvalue weighted by atomic mass is 10.3. The fourth-order valence-electron chi connectivity index (χ4n) is 1.31. The van der Waals surface area contributed by atoms with Gasteiger partial charge in [0.25, 0.3) is 5.69 Å². The third-order valence-electron chi connectivity index (χ3n) is 2.06. The average molecular weight is 266 g/mol. The van der Waals surface area contributed by atoms with Crippen LogP contribution in [0, 0.1) is 10.1 Å². The molecule has 1 aromatic heterocycles. The fraction of sp³-hybridized carbons (Fsp3) is 0. The number of aromatic nitrogens is 2. The van der Waals surface area contributed by atoms with E-state index in [-0.39, 0.29) is 16.8 Å². The van der Waals surface area contributed by atoms with Crippen LogP contribution in [0.3, 0.4) is 0 Å². The quantitative estimate of drug-likeness (QED) is 0.501. The van der Waals surface area contributed by atoms with Crippen molar-refractivity contribution in [3.8, 4) is 0 Å². The van der Waals surface area contributed by atoms with Crippen molar-refractivity contribution in [2.24, 2.45) is 0 Å². The molecule has 0 aliphatic rings. The monoisotopic (exact) mass is 265 g/mol. The molecule has 0 aliphatic heterocycles. The predicted octanol–water partition coefficient (Wildman–Crippen LogP) is 2.36. The molecule has 0 saturated carbocycles. The first-order valence-electron chi connectivity index (χ1n) is 4.86. The largest absolute Gasteiger partial charge is 0.368 e. The van der Waals surface area contributed by atoms with Gasteiger partial charge in [-0.2, -0.15) is 4.98 Å². The Hall–Kier alpha value is -2.41. The number of anilines is 3. The Balaban J connectivity index is 2.20. The van der Waals surface area contributed by atoms with Crippen LogP contribution in [0.25, 0.3) is 0 Å².